The normalized spacial score (nSPS) is 22.4. The van der Waals surface area contributed by atoms with E-state index in [1.807, 2.05) is 18.2 Å². The van der Waals surface area contributed by atoms with E-state index in [4.69, 9.17) is 4.42 Å². The Bertz CT molecular complexity index is 544. The smallest absolute Gasteiger partial charge is 0.202 e. The van der Waals surface area contributed by atoms with Gasteiger partial charge in [-0.15, -0.1) is 0 Å². The molecule has 86 valence electrons. The Balaban J connectivity index is 1.78. The second-order valence-corrected chi connectivity index (χ2v) is 5.18. The molecule has 17 heavy (non-hydrogen) atoms. The summed E-state index contributed by atoms with van der Waals surface area (Å²) in [5.74, 6) is 1.00. The Morgan fingerprint density at radius 1 is 1.24 bits per heavy atom. The highest BCUT2D eigenvalue weighted by Crippen LogP contribution is 2.49. The molecular formula is C14H11BrO2. The zero-order valence-corrected chi connectivity index (χ0v) is 10.7. The van der Waals surface area contributed by atoms with Crippen LogP contribution in [0, 0.1) is 5.92 Å². The Morgan fingerprint density at radius 3 is 2.65 bits per heavy atom. The highest BCUT2D eigenvalue weighted by atomic mass is 79.9. The number of rotatable bonds is 3. The second-order valence-electron chi connectivity index (χ2n) is 4.32. The predicted octanol–water partition coefficient (Wildman–Crippen LogP) is 4.03. The van der Waals surface area contributed by atoms with Crippen molar-refractivity contribution in [1.82, 2.24) is 0 Å². The molecule has 3 heteroatoms. The van der Waals surface area contributed by atoms with Crippen LogP contribution in [-0.2, 0) is 0 Å². The minimum atomic E-state index is 0.0832. The Kier molecular flexibility index (Phi) is 2.63. The molecule has 1 aliphatic rings. The number of furan rings is 1. The zero-order chi connectivity index (χ0) is 11.8. The van der Waals surface area contributed by atoms with Crippen LogP contribution in [-0.4, -0.2) is 5.78 Å². The van der Waals surface area contributed by atoms with Gasteiger partial charge in [0.25, 0.3) is 0 Å². The van der Waals surface area contributed by atoms with Gasteiger partial charge in [-0.3, -0.25) is 4.79 Å². The SMILES string of the molecule is O=C(c1occc1Br)C1CC1c1ccccc1. The summed E-state index contributed by atoms with van der Waals surface area (Å²) in [5.41, 5.74) is 1.24. The fourth-order valence-corrected chi connectivity index (χ4v) is 2.59. The molecule has 0 N–H and O–H groups in total. The lowest BCUT2D eigenvalue weighted by Gasteiger charge is -1.99. The monoisotopic (exact) mass is 290 g/mol. The molecule has 1 aromatic heterocycles. The summed E-state index contributed by atoms with van der Waals surface area (Å²) in [6, 6.07) is 11.9. The average Bonchev–Trinajstić information content (AvgIpc) is 3.05. The number of hydrogen-bond acceptors (Lipinski definition) is 2. The van der Waals surface area contributed by atoms with E-state index in [1.165, 1.54) is 11.8 Å². The van der Waals surface area contributed by atoms with Gasteiger partial charge in [-0.1, -0.05) is 30.3 Å². The first-order valence-corrected chi connectivity index (χ1v) is 6.39. The molecule has 2 aromatic rings. The van der Waals surface area contributed by atoms with Gasteiger partial charge in [0.15, 0.2) is 5.76 Å². The van der Waals surface area contributed by atoms with Crippen molar-refractivity contribution in [2.75, 3.05) is 0 Å². The minimum absolute atomic E-state index is 0.0832. The molecule has 1 heterocycles. The van der Waals surface area contributed by atoms with Crippen molar-refractivity contribution in [3.63, 3.8) is 0 Å². The molecule has 2 unspecified atom stereocenters. The van der Waals surface area contributed by atoms with Crippen molar-refractivity contribution < 1.29 is 9.21 Å². The summed E-state index contributed by atoms with van der Waals surface area (Å²) in [7, 11) is 0. The van der Waals surface area contributed by atoms with Crippen molar-refractivity contribution in [1.29, 1.82) is 0 Å². The Hall–Kier alpha value is -1.35. The van der Waals surface area contributed by atoms with Crippen molar-refractivity contribution in [3.8, 4) is 0 Å². The van der Waals surface area contributed by atoms with Crippen LogP contribution in [0.5, 0.6) is 0 Å². The van der Waals surface area contributed by atoms with E-state index in [0.717, 1.165) is 10.9 Å². The second kappa shape index (κ2) is 4.15. The summed E-state index contributed by atoms with van der Waals surface area (Å²) in [4.78, 5) is 12.1. The van der Waals surface area contributed by atoms with Gasteiger partial charge >= 0.3 is 0 Å². The average molecular weight is 291 g/mol. The predicted molar refractivity (Wildman–Crippen MR) is 68.0 cm³/mol. The molecule has 1 saturated carbocycles. The van der Waals surface area contributed by atoms with Crippen molar-refractivity contribution in [2.24, 2.45) is 5.92 Å². The molecule has 0 radical (unpaired) electrons. The van der Waals surface area contributed by atoms with Crippen LogP contribution in [0.15, 0.2) is 51.6 Å². The molecule has 1 aliphatic carbocycles. The Labute approximate surface area is 108 Å². The lowest BCUT2D eigenvalue weighted by molar-refractivity contribution is 0.0937. The maximum absolute atomic E-state index is 12.1. The van der Waals surface area contributed by atoms with E-state index >= 15 is 0 Å². The van der Waals surface area contributed by atoms with Crippen LogP contribution in [0.1, 0.15) is 28.5 Å². The molecule has 0 bridgehead atoms. The van der Waals surface area contributed by atoms with Crippen LogP contribution in [0.2, 0.25) is 0 Å². The van der Waals surface area contributed by atoms with Gasteiger partial charge in [0, 0.05) is 5.92 Å². The largest absolute Gasteiger partial charge is 0.460 e. The number of hydrogen-bond donors (Lipinski definition) is 0. The highest BCUT2D eigenvalue weighted by Gasteiger charge is 2.45. The number of carbonyl (C=O) groups is 1. The summed E-state index contributed by atoms with van der Waals surface area (Å²) in [6.07, 6.45) is 2.47. The van der Waals surface area contributed by atoms with Crippen LogP contribution in [0.25, 0.3) is 0 Å². The van der Waals surface area contributed by atoms with Crippen LogP contribution >= 0.6 is 15.9 Å². The van der Waals surface area contributed by atoms with E-state index in [2.05, 4.69) is 28.1 Å². The zero-order valence-electron chi connectivity index (χ0n) is 9.10. The number of carbonyl (C=O) groups excluding carboxylic acids is 1. The molecule has 0 spiro atoms. The first kappa shape index (κ1) is 10.8. The lowest BCUT2D eigenvalue weighted by atomic mass is 10.1. The van der Waals surface area contributed by atoms with E-state index < -0.39 is 0 Å². The van der Waals surface area contributed by atoms with E-state index in [1.54, 1.807) is 6.07 Å². The molecule has 2 atom stereocenters. The van der Waals surface area contributed by atoms with E-state index in [9.17, 15) is 4.79 Å². The third kappa shape index (κ3) is 1.95. The maximum atomic E-state index is 12.1. The Morgan fingerprint density at radius 2 is 2.00 bits per heavy atom. The van der Waals surface area contributed by atoms with Crippen LogP contribution in [0.4, 0.5) is 0 Å². The number of Topliss-reactive ketones (excluding diaryl/α,β-unsaturated/α-hetero) is 1. The van der Waals surface area contributed by atoms with Gasteiger partial charge < -0.3 is 4.42 Å². The first-order chi connectivity index (χ1) is 8.27. The maximum Gasteiger partial charge on any atom is 0.202 e. The molecule has 1 fully saturated rings. The topological polar surface area (TPSA) is 30.2 Å². The molecule has 0 amide bonds. The highest BCUT2D eigenvalue weighted by molar-refractivity contribution is 9.10. The van der Waals surface area contributed by atoms with Gasteiger partial charge in [-0.05, 0) is 39.9 Å². The minimum Gasteiger partial charge on any atom is -0.460 e. The fraction of sp³-hybridized carbons (Fsp3) is 0.214. The molecule has 0 aliphatic heterocycles. The van der Waals surface area contributed by atoms with Crippen LogP contribution < -0.4 is 0 Å². The van der Waals surface area contributed by atoms with Crippen molar-refractivity contribution >= 4 is 21.7 Å². The standard InChI is InChI=1S/C14H11BrO2/c15-12-6-7-17-14(12)13(16)11-8-10(11)9-4-2-1-3-5-9/h1-7,10-11H,8H2. The van der Waals surface area contributed by atoms with Crippen molar-refractivity contribution in [2.45, 2.75) is 12.3 Å². The molecule has 2 nitrogen and oxygen atoms in total. The fourth-order valence-electron chi connectivity index (χ4n) is 2.19. The van der Waals surface area contributed by atoms with E-state index in [-0.39, 0.29) is 11.7 Å². The lowest BCUT2D eigenvalue weighted by Crippen LogP contribution is -2.02. The molecule has 0 saturated heterocycles. The quantitative estimate of drug-likeness (QED) is 0.799. The molecule has 1 aromatic carbocycles. The molecular weight excluding hydrogens is 280 g/mol. The van der Waals surface area contributed by atoms with Gasteiger partial charge in [-0.2, -0.15) is 0 Å². The number of halogens is 1. The first-order valence-electron chi connectivity index (χ1n) is 5.59. The third-order valence-electron chi connectivity index (χ3n) is 3.20. The van der Waals surface area contributed by atoms with Gasteiger partial charge in [0.1, 0.15) is 0 Å². The summed E-state index contributed by atoms with van der Waals surface area (Å²) >= 11 is 3.32. The number of benzene rings is 1. The third-order valence-corrected chi connectivity index (χ3v) is 3.82. The van der Waals surface area contributed by atoms with Gasteiger partial charge in [0.2, 0.25) is 5.78 Å². The summed E-state index contributed by atoms with van der Waals surface area (Å²) < 4.78 is 5.97. The van der Waals surface area contributed by atoms with Crippen molar-refractivity contribution in [3.05, 3.63) is 58.5 Å². The summed E-state index contributed by atoms with van der Waals surface area (Å²) in [5, 5.41) is 0. The summed E-state index contributed by atoms with van der Waals surface area (Å²) in [6.45, 7) is 0. The van der Waals surface area contributed by atoms with Crippen LogP contribution in [0.3, 0.4) is 0 Å². The molecule has 3 rings (SSSR count). The number of ketones is 1. The van der Waals surface area contributed by atoms with Gasteiger partial charge in [-0.25, -0.2) is 0 Å². The van der Waals surface area contributed by atoms with Gasteiger partial charge in [0.05, 0.1) is 10.7 Å². The van der Waals surface area contributed by atoms with E-state index in [0.29, 0.717) is 11.7 Å².